The lowest BCUT2D eigenvalue weighted by Gasteiger charge is -2.43. The Morgan fingerprint density at radius 2 is 1.76 bits per heavy atom. The average molecular weight is 424 g/mol. The molecule has 164 valence electrons. The van der Waals surface area contributed by atoms with E-state index >= 15 is 8.78 Å². The van der Waals surface area contributed by atoms with Crippen LogP contribution in [-0.2, 0) is 14.3 Å². The number of esters is 1. The average Bonchev–Trinajstić information content (AvgIpc) is 3.39. The summed E-state index contributed by atoms with van der Waals surface area (Å²) in [5.74, 6) is -11.5. The van der Waals surface area contributed by atoms with Crippen molar-refractivity contribution < 1.29 is 41.3 Å². The minimum atomic E-state index is -5.71. The fourth-order valence-corrected chi connectivity index (χ4v) is 7.31. The van der Waals surface area contributed by atoms with E-state index in [4.69, 9.17) is 4.74 Å². The molecule has 10 unspecified atom stereocenters. The van der Waals surface area contributed by atoms with E-state index in [2.05, 4.69) is 11.7 Å². The van der Waals surface area contributed by atoms with E-state index in [1.807, 2.05) is 6.92 Å². The summed E-state index contributed by atoms with van der Waals surface area (Å²) in [6, 6.07) is 0. The van der Waals surface area contributed by atoms with Crippen molar-refractivity contribution >= 4 is 5.97 Å². The van der Waals surface area contributed by atoms with Gasteiger partial charge in [-0.05, 0) is 61.7 Å². The number of hydrogen-bond acceptors (Lipinski definition) is 4. The molecular formula is C20H25F5O4. The van der Waals surface area contributed by atoms with Gasteiger partial charge in [0.1, 0.15) is 6.10 Å². The SMILES string of the molecule is CC1C2CC(C(=O)OC34C5CCC(C5)C3OC(O)(C(F)(F)F)C4(F)F)C(C2)C1C. The molecule has 5 aliphatic rings. The number of ether oxygens (including phenoxy) is 2. The lowest BCUT2D eigenvalue weighted by Crippen LogP contribution is -2.67. The lowest BCUT2D eigenvalue weighted by molar-refractivity contribution is -0.415. The van der Waals surface area contributed by atoms with Crippen LogP contribution in [0.2, 0.25) is 0 Å². The first-order valence-electron chi connectivity index (χ1n) is 10.4. The topological polar surface area (TPSA) is 55.8 Å². The molecule has 1 N–H and O–H groups in total. The maximum absolute atomic E-state index is 15.4. The number of rotatable bonds is 2. The number of aliphatic hydroxyl groups is 1. The minimum absolute atomic E-state index is 0.00613. The van der Waals surface area contributed by atoms with Crippen molar-refractivity contribution in [2.75, 3.05) is 0 Å². The molecule has 0 radical (unpaired) electrons. The monoisotopic (exact) mass is 424 g/mol. The number of carbonyl (C=O) groups is 1. The highest BCUT2D eigenvalue weighted by atomic mass is 19.4. The molecule has 4 nitrogen and oxygen atoms in total. The van der Waals surface area contributed by atoms with E-state index in [1.165, 1.54) is 0 Å². The van der Waals surface area contributed by atoms with Crippen LogP contribution in [0.15, 0.2) is 0 Å². The van der Waals surface area contributed by atoms with Gasteiger partial charge in [-0.25, -0.2) is 0 Å². The normalized spacial score (nSPS) is 54.8. The quantitative estimate of drug-likeness (QED) is 0.540. The highest BCUT2D eigenvalue weighted by Gasteiger charge is 2.91. The number of halogens is 5. The zero-order valence-electron chi connectivity index (χ0n) is 16.2. The van der Waals surface area contributed by atoms with Gasteiger partial charge in [0.05, 0.1) is 5.92 Å². The van der Waals surface area contributed by atoms with Crippen LogP contribution in [0.25, 0.3) is 0 Å². The summed E-state index contributed by atoms with van der Waals surface area (Å²) in [4.78, 5) is 13.0. The van der Waals surface area contributed by atoms with Crippen molar-refractivity contribution in [3.63, 3.8) is 0 Å². The second kappa shape index (κ2) is 5.64. The molecule has 4 bridgehead atoms. The third kappa shape index (κ3) is 2.14. The number of carbonyl (C=O) groups excluding carboxylic acids is 1. The van der Waals surface area contributed by atoms with Gasteiger partial charge in [0.2, 0.25) is 5.60 Å². The standard InChI is InChI=1S/C20H25F5O4/c1-8-9(2)13-6-11(8)7-14(13)16(26)29-17-12-4-3-10(5-12)15(17)28-19(27,18(17,21)22)20(23,24)25/h8-15,27H,3-7H2,1-2H3. The van der Waals surface area contributed by atoms with Crippen LogP contribution in [0.5, 0.6) is 0 Å². The molecule has 4 saturated carbocycles. The number of hydrogen-bond donors (Lipinski definition) is 1. The van der Waals surface area contributed by atoms with Crippen LogP contribution in [0.3, 0.4) is 0 Å². The molecule has 5 rings (SSSR count). The molecule has 1 heterocycles. The van der Waals surface area contributed by atoms with Gasteiger partial charge < -0.3 is 14.6 Å². The minimum Gasteiger partial charge on any atom is -0.449 e. The first-order chi connectivity index (χ1) is 13.3. The molecule has 0 amide bonds. The van der Waals surface area contributed by atoms with Gasteiger partial charge in [0.15, 0.2) is 0 Å². The summed E-state index contributed by atoms with van der Waals surface area (Å²) < 4.78 is 81.1. The molecule has 0 aromatic rings. The maximum atomic E-state index is 15.4. The molecule has 5 fully saturated rings. The van der Waals surface area contributed by atoms with Gasteiger partial charge in [-0.15, -0.1) is 0 Å². The van der Waals surface area contributed by atoms with Gasteiger partial charge in [-0.3, -0.25) is 4.79 Å². The van der Waals surface area contributed by atoms with Crippen LogP contribution in [0.4, 0.5) is 22.0 Å². The van der Waals surface area contributed by atoms with E-state index in [1.54, 1.807) is 0 Å². The van der Waals surface area contributed by atoms with Gasteiger partial charge in [-0.2, -0.15) is 22.0 Å². The van der Waals surface area contributed by atoms with Crippen LogP contribution >= 0.6 is 0 Å². The molecule has 0 aromatic heterocycles. The molecule has 1 saturated heterocycles. The molecule has 0 aromatic carbocycles. The second-order valence-electron chi connectivity index (χ2n) is 9.96. The molecule has 9 heteroatoms. The highest BCUT2D eigenvalue weighted by molar-refractivity contribution is 5.74. The van der Waals surface area contributed by atoms with Crippen molar-refractivity contribution in [1.82, 2.24) is 0 Å². The third-order valence-corrected chi connectivity index (χ3v) is 9.00. The molecule has 1 aliphatic heterocycles. The van der Waals surface area contributed by atoms with Gasteiger partial charge >= 0.3 is 23.9 Å². The lowest BCUT2D eigenvalue weighted by atomic mass is 9.74. The van der Waals surface area contributed by atoms with Crippen molar-refractivity contribution in [2.24, 2.45) is 41.4 Å². The van der Waals surface area contributed by atoms with Crippen molar-refractivity contribution in [3.8, 4) is 0 Å². The van der Waals surface area contributed by atoms with E-state index in [0.29, 0.717) is 24.7 Å². The Morgan fingerprint density at radius 3 is 2.34 bits per heavy atom. The smallest absolute Gasteiger partial charge is 0.449 e. The molecule has 4 aliphatic carbocycles. The summed E-state index contributed by atoms with van der Waals surface area (Å²) in [6.45, 7) is 4.12. The summed E-state index contributed by atoms with van der Waals surface area (Å²) >= 11 is 0. The van der Waals surface area contributed by atoms with E-state index in [9.17, 15) is 23.1 Å². The van der Waals surface area contributed by atoms with Gasteiger partial charge in [0.25, 0.3) is 0 Å². The molecular weight excluding hydrogens is 399 g/mol. The Morgan fingerprint density at radius 1 is 1.07 bits per heavy atom. The van der Waals surface area contributed by atoms with Crippen LogP contribution in [0.1, 0.15) is 46.0 Å². The zero-order valence-corrected chi connectivity index (χ0v) is 16.2. The Balaban J connectivity index is 1.50. The molecule has 0 spiro atoms. The molecule has 10 atom stereocenters. The maximum Gasteiger partial charge on any atom is 0.449 e. The van der Waals surface area contributed by atoms with Crippen molar-refractivity contribution in [2.45, 2.75) is 75.5 Å². The van der Waals surface area contributed by atoms with Crippen molar-refractivity contribution in [3.05, 3.63) is 0 Å². The number of fused-ring (bicyclic) bond motifs is 7. The second-order valence-corrected chi connectivity index (χ2v) is 9.96. The van der Waals surface area contributed by atoms with E-state index in [-0.39, 0.29) is 24.7 Å². The Labute approximate surface area is 165 Å². The van der Waals surface area contributed by atoms with Gasteiger partial charge in [0, 0.05) is 5.92 Å². The first-order valence-corrected chi connectivity index (χ1v) is 10.4. The fraction of sp³-hybridized carbons (Fsp3) is 0.950. The zero-order chi connectivity index (χ0) is 21.1. The van der Waals surface area contributed by atoms with Gasteiger partial charge in [-0.1, -0.05) is 13.8 Å². The van der Waals surface area contributed by atoms with Crippen LogP contribution in [-0.4, -0.2) is 40.7 Å². The third-order valence-electron chi connectivity index (χ3n) is 9.00. The predicted molar refractivity (Wildman–Crippen MR) is 88.5 cm³/mol. The van der Waals surface area contributed by atoms with Crippen LogP contribution < -0.4 is 0 Å². The Kier molecular flexibility index (Phi) is 3.88. The summed E-state index contributed by atoms with van der Waals surface area (Å²) in [6.07, 6.45) is -5.18. The predicted octanol–water partition coefficient (Wildman–Crippen LogP) is 3.91. The molecule has 29 heavy (non-hydrogen) atoms. The highest BCUT2D eigenvalue weighted by Crippen LogP contribution is 2.69. The first kappa shape index (κ1) is 20.0. The van der Waals surface area contributed by atoms with E-state index in [0.717, 1.165) is 6.42 Å². The van der Waals surface area contributed by atoms with Crippen molar-refractivity contribution in [1.29, 1.82) is 0 Å². The largest absolute Gasteiger partial charge is 0.449 e. The number of alkyl halides is 5. The Bertz CT molecular complexity index is 739. The summed E-state index contributed by atoms with van der Waals surface area (Å²) in [7, 11) is 0. The summed E-state index contributed by atoms with van der Waals surface area (Å²) in [5.41, 5.74) is -2.76. The Hall–Kier alpha value is -0.960. The van der Waals surface area contributed by atoms with Crippen LogP contribution in [0, 0.1) is 41.4 Å². The van der Waals surface area contributed by atoms with E-state index < -0.39 is 53.3 Å². The fourth-order valence-electron chi connectivity index (χ4n) is 7.31. The summed E-state index contributed by atoms with van der Waals surface area (Å²) in [5, 5.41) is 9.96.